The number of hydrogen-bond acceptors (Lipinski definition) is 4. The minimum Gasteiger partial charge on any atom is -0.484 e. The number of benzene rings is 2. The van der Waals surface area contributed by atoms with E-state index in [0.717, 1.165) is 24.0 Å². The minimum absolute atomic E-state index is 0.191. The summed E-state index contributed by atoms with van der Waals surface area (Å²) in [5.41, 5.74) is 7.97. The van der Waals surface area contributed by atoms with Crippen LogP contribution >= 0.6 is 0 Å². The van der Waals surface area contributed by atoms with Gasteiger partial charge < -0.3 is 9.47 Å². The molecule has 6 heteroatoms. The zero-order chi connectivity index (χ0) is 21.2. The average Bonchev–Trinajstić information content (AvgIpc) is 2.70. The Labute approximate surface area is 172 Å². The van der Waals surface area contributed by atoms with E-state index in [1.54, 1.807) is 0 Å². The van der Waals surface area contributed by atoms with Gasteiger partial charge in [-0.05, 0) is 54.2 Å². The summed E-state index contributed by atoms with van der Waals surface area (Å²) in [7, 11) is 0. The van der Waals surface area contributed by atoms with Crippen molar-refractivity contribution < 1.29 is 19.1 Å². The predicted molar refractivity (Wildman–Crippen MR) is 113 cm³/mol. The Morgan fingerprint density at radius 1 is 0.931 bits per heavy atom. The molecule has 0 spiro atoms. The first-order chi connectivity index (χ1) is 13.9. The summed E-state index contributed by atoms with van der Waals surface area (Å²) < 4.78 is 11.1. The van der Waals surface area contributed by atoms with Gasteiger partial charge in [-0.1, -0.05) is 51.5 Å². The molecular formula is C23H30N2O4. The van der Waals surface area contributed by atoms with Crippen LogP contribution < -0.4 is 20.3 Å². The number of carbonyl (C=O) groups excluding carboxylic acids is 2. The van der Waals surface area contributed by atoms with Crippen LogP contribution in [0.25, 0.3) is 0 Å². The monoisotopic (exact) mass is 398 g/mol. The van der Waals surface area contributed by atoms with Crippen LogP contribution in [0.3, 0.4) is 0 Å². The number of ether oxygens (including phenoxy) is 2. The van der Waals surface area contributed by atoms with Gasteiger partial charge in [-0.25, -0.2) is 0 Å². The second-order valence-corrected chi connectivity index (χ2v) is 7.26. The number of hydrogen-bond donors (Lipinski definition) is 2. The number of carbonyl (C=O) groups is 2. The Balaban J connectivity index is 1.73. The molecule has 156 valence electrons. The van der Waals surface area contributed by atoms with Crippen LogP contribution in [0.1, 0.15) is 49.8 Å². The molecule has 0 aromatic heterocycles. The molecular weight excluding hydrogens is 368 g/mol. The van der Waals surface area contributed by atoms with Crippen molar-refractivity contribution >= 4 is 11.8 Å². The summed E-state index contributed by atoms with van der Waals surface area (Å²) in [5, 5.41) is 0. The van der Waals surface area contributed by atoms with E-state index in [-0.39, 0.29) is 19.1 Å². The molecule has 0 aliphatic carbocycles. The van der Waals surface area contributed by atoms with Gasteiger partial charge in [-0.2, -0.15) is 0 Å². The fourth-order valence-corrected chi connectivity index (χ4v) is 2.79. The molecule has 0 heterocycles. The summed E-state index contributed by atoms with van der Waals surface area (Å²) >= 11 is 0. The van der Waals surface area contributed by atoms with E-state index >= 15 is 0 Å². The number of rotatable bonds is 9. The summed E-state index contributed by atoms with van der Waals surface area (Å²) in [4.78, 5) is 23.8. The van der Waals surface area contributed by atoms with E-state index in [2.05, 4.69) is 31.6 Å². The Morgan fingerprint density at radius 2 is 1.55 bits per heavy atom. The normalized spacial score (nSPS) is 10.5. The lowest BCUT2D eigenvalue weighted by Gasteiger charge is -2.15. The van der Waals surface area contributed by atoms with Crippen molar-refractivity contribution in [1.82, 2.24) is 10.9 Å². The van der Waals surface area contributed by atoms with E-state index in [1.807, 2.05) is 49.4 Å². The Bertz CT molecular complexity index is 816. The molecule has 2 amide bonds. The van der Waals surface area contributed by atoms with Crippen LogP contribution in [0.2, 0.25) is 0 Å². The van der Waals surface area contributed by atoms with E-state index in [1.165, 1.54) is 5.56 Å². The van der Waals surface area contributed by atoms with Gasteiger partial charge in [0.2, 0.25) is 0 Å². The smallest absolute Gasteiger partial charge is 0.276 e. The van der Waals surface area contributed by atoms with Crippen LogP contribution in [0.4, 0.5) is 0 Å². The Kier molecular flexibility index (Phi) is 8.52. The van der Waals surface area contributed by atoms with Crippen LogP contribution in [0, 0.1) is 6.92 Å². The van der Waals surface area contributed by atoms with Crippen molar-refractivity contribution in [2.75, 3.05) is 13.2 Å². The van der Waals surface area contributed by atoms with Crippen LogP contribution in [-0.2, 0) is 16.0 Å². The van der Waals surface area contributed by atoms with Crippen LogP contribution in [0.5, 0.6) is 11.5 Å². The van der Waals surface area contributed by atoms with Crippen molar-refractivity contribution in [3.63, 3.8) is 0 Å². The molecule has 29 heavy (non-hydrogen) atoms. The maximum absolute atomic E-state index is 12.0. The number of aryl methyl sites for hydroxylation is 2. The molecule has 6 nitrogen and oxygen atoms in total. The molecule has 0 fully saturated rings. The zero-order valence-corrected chi connectivity index (χ0v) is 17.6. The third-order valence-electron chi connectivity index (χ3n) is 4.32. The average molecular weight is 399 g/mol. The molecule has 0 atom stereocenters. The van der Waals surface area contributed by atoms with E-state index in [0.29, 0.717) is 11.5 Å². The molecule has 2 aromatic carbocycles. The van der Waals surface area contributed by atoms with Gasteiger partial charge in [0.05, 0.1) is 0 Å². The fourth-order valence-electron chi connectivity index (χ4n) is 2.79. The SMILES string of the molecule is CCCc1ccc(OCC(=O)NNC(=O)COc2cc(C)ccc2C(C)C)cc1. The molecule has 0 radical (unpaired) electrons. The van der Waals surface area contributed by atoms with Crippen LogP contribution in [-0.4, -0.2) is 25.0 Å². The molecule has 2 rings (SSSR count). The van der Waals surface area contributed by atoms with E-state index < -0.39 is 11.8 Å². The lowest BCUT2D eigenvalue weighted by molar-refractivity contribution is -0.131. The van der Waals surface area contributed by atoms with Gasteiger partial charge in [0.1, 0.15) is 11.5 Å². The van der Waals surface area contributed by atoms with Crippen LogP contribution in [0.15, 0.2) is 42.5 Å². The number of hydrazine groups is 1. The standard InChI is InChI=1S/C23H30N2O4/c1-5-6-18-8-10-19(11-9-18)28-14-22(26)24-25-23(27)15-29-21-13-17(4)7-12-20(21)16(2)3/h7-13,16H,5-6,14-15H2,1-4H3,(H,24,26)(H,25,27). The fraction of sp³-hybridized carbons (Fsp3) is 0.391. The molecule has 0 aliphatic heterocycles. The predicted octanol–water partition coefficient (Wildman–Crippen LogP) is 3.68. The van der Waals surface area contributed by atoms with E-state index in [4.69, 9.17) is 9.47 Å². The lowest BCUT2D eigenvalue weighted by Crippen LogP contribution is -2.45. The molecule has 2 N–H and O–H groups in total. The van der Waals surface area contributed by atoms with Gasteiger partial charge in [-0.15, -0.1) is 0 Å². The van der Waals surface area contributed by atoms with Crippen molar-refractivity contribution in [1.29, 1.82) is 0 Å². The highest BCUT2D eigenvalue weighted by Crippen LogP contribution is 2.27. The molecule has 0 saturated heterocycles. The van der Waals surface area contributed by atoms with Crippen molar-refractivity contribution in [3.8, 4) is 11.5 Å². The summed E-state index contributed by atoms with van der Waals surface area (Å²) in [6.07, 6.45) is 2.09. The van der Waals surface area contributed by atoms with Gasteiger partial charge in [0.25, 0.3) is 11.8 Å². The first-order valence-corrected chi connectivity index (χ1v) is 9.91. The maximum Gasteiger partial charge on any atom is 0.276 e. The van der Waals surface area contributed by atoms with Crippen molar-refractivity contribution in [2.24, 2.45) is 0 Å². The Morgan fingerprint density at radius 3 is 2.14 bits per heavy atom. The van der Waals surface area contributed by atoms with Crippen molar-refractivity contribution in [3.05, 3.63) is 59.2 Å². The van der Waals surface area contributed by atoms with E-state index in [9.17, 15) is 9.59 Å². The van der Waals surface area contributed by atoms with Gasteiger partial charge in [0, 0.05) is 0 Å². The van der Waals surface area contributed by atoms with Crippen molar-refractivity contribution in [2.45, 2.75) is 46.5 Å². The molecule has 0 saturated carbocycles. The minimum atomic E-state index is -0.450. The highest BCUT2D eigenvalue weighted by atomic mass is 16.5. The highest BCUT2D eigenvalue weighted by molar-refractivity contribution is 5.83. The lowest BCUT2D eigenvalue weighted by atomic mass is 10.0. The summed E-state index contributed by atoms with van der Waals surface area (Å²) in [5.74, 6) is 0.668. The molecule has 0 aliphatic rings. The third-order valence-corrected chi connectivity index (χ3v) is 4.32. The molecule has 0 bridgehead atoms. The second-order valence-electron chi connectivity index (χ2n) is 7.26. The topological polar surface area (TPSA) is 76.7 Å². The quantitative estimate of drug-likeness (QED) is 0.632. The van der Waals surface area contributed by atoms with Gasteiger partial charge in [0.15, 0.2) is 13.2 Å². The number of nitrogens with one attached hydrogen (secondary N) is 2. The third kappa shape index (κ3) is 7.49. The zero-order valence-electron chi connectivity index (χ0n) is 17.6. The number of amides is 2. The molecule has 2 aromatic rings. The van der Waals surface area contributed by atoms with Gasteiger partial charge in [-0.3, -0.25) is 20.4 Å². The molecule has 0 unspecified atom stereocenters. The first kappa shape index (κ1) is 22.3. The first-order valence-electron chi connectivity index (χ1n) is 9.91. The summed E-state index contributed by atoms with van der Waals surface area (Å²) in [6.45, 7) is 7.84. The highest BCUT2D eigenvalue weighted by Gasteiger charge is 2.11. The summed E-state index contributed by atoms with van der Waals surface area (Å²) in [6, 6.07) is 13.5. The maximum atomic E-state index is 12.0. The largest absolute Gasteiger partial charge is 0.484 e. The van der Waals surface area contributed by atoms with Gasteiger partial charge >= 0.3 is 0 Å². The second kappa shape index (κ2) is 11.1. The Hall–Kier alpha value is -3.02.